The van der Waals surface area contributed by atoms with E-state index in [2.05, 4.69) is 17.5 Å². The Morgan fingerprint density at radius 2 is 1.88 bits per heavy atom. The van der Waals surface area contributed by atoms with Gasteiger partial charge in [0, 0.05) is 23.2 Å². The number of nitrogens with one attached hydrogen (secondary N) is 1. The Hall–Kier alpha value is -3.77. The molecule has 1 aliphatic carbocycles. The van der Waals surface area contributed by atoms with Crippen LogP contribution in [-0.4, -0.2) is 22.1 Å². The number of nitrogens with zero attached hydrogens (tertiary/aromatic N) is 1. The van der Waals surface area contributed by atoms with Crippen molar-refractivity contribution in [1.29, 1.82) is 0 Å². The van der Waals surface area contributed by atoms with Gasteiger partial charge in [-0.15, -0.1) is 0 Å². The summed E-state index contributed by atoms with van der Waals surface area (Å²) in [6.45, 7) is 4.02. The number of anilines is 2. The van der Waals surface area contributed by atoms with E-state index in [1.807, 2.05) is 32.1 Å². The summed E-state index contributed by atoms with van der Waals surface area (Å²) in [5.41, 5.74) is 6.18. The summed E-state index contributed by atoms with van der Waals surface area (Å²) in [5.74, 6) is -1.47. The van der Waals surface area contributed by atoms with Gasteiger partial charge in [0.1, 0.15) is 10.8 Å². The maximum atomic E-state index is 13.4. The van der Waals surface area contributed by atoms with E-state index in [0.29, 0.717) is 16.8 Å². The predicted molar refractivity (Wildman–Crippen MR) is 130 cm³/mol. The molecule has 2 aliphatic rings. The molecule has 0 spiro atoms. The molecule has 3 N–H and O–H groups in total. The first-order chi connectivity index (χ1) is 15.7. The molecular weight excluding hydrogens is 440 g/mol. The van der Waals surface area contributed by atoms with E-state index in [-0.39, 0.29) is 16.7 Å². The molecule has 0 saturated heterocycles. The molecule has 0 aromatic heterocycles. The quantitative estimate of drug-likeness (QED) is 0.396. The lowest BCUT2D eigenvalue weighted by atomic mass is 10.0. The lowest BCUT2D eigenvalue weighted by molar-refractivity contribution is -0.131. The molecule has 0 saturated carbocycles. The zero-order chi connectivity index (χ0) is 23.7. The number of carboxylic acids is 1. The van der Waals surface area contributed by atoms with E-state index in [1.165, 1.54) is 12.1 Å². The van der Waals surface area contributed by atoms with Crippen molar-refractivity contribution in [3.8, 4) is 5.75 Å². The van der Waals surface area contributed by atoms with Gasteiger partial charge in [-0.1, -0.05) is 35.9 Å². The van der Waals surface area contributed by atoms with E-state index in [9.17, 15) is 14.7 Å². The third kappa shape index (κ3) is 4.56. The summed E-state index contributed by atoms with van der Waals surface area (Å²) in [6, 6.07) is 10.7. The number of amides is 1. The van der Waals surface area contributed by atoms with Crippen LogP contribution in [0.5, 0.6) is 5.75 Å². The van der Waals surface area contributed by atoms with Crippen LogP contribution in [-0.2, 0) is 9.59 Å². The second-order valence-corrected chi connectivity index (χ2v) is 8.47. The number of rotatable bonds is 5. The summed E-state index contributed by atoms with van der Waals surface area (Å²) in [4.78, 5) is 26.1. The van der Waals surface area contributed by atoms with Crippen LogP contribution in [0.15, 0.2) is 76.6 Å². The average molecular weight is 463 g/mol. The Kier molecular flexibility index (Phi) is 6.11. The SMILES string of the molecule is Cc1cc(C)cc(N2C(=O)/C(=C\Nc3ccc(/C=C(\Cl)C(=O)O)cc3O)C3=C2CCC=C3)c1. The molecule has 33 heavy (non-hydrogen) atoms. The Morgan fingerprint density at radius 3 is 2.55 bits per heavy atom. The zero-order valence-electron chi connectivity index (χ0n) is 18.2. The second-order valence-electron chi connectivity index (χ2n) is 8.06. The van der Waals surface area contributed by atoms with Crippen LogP contribution in [0.1, 0.15) is 29.5 Å². The van der Waals surface area contributed by atoms with Gasteiger partial charge in [0.25, 0.3) is 5.91 Å². The van der Waals surface area contributed by atoms with Gasteiger partial charge in [0.05, 0.1) is 11.3 Å². The number of aromatic hydroxyl groups is 1. The van der Waals surface area contributed by atoms with E-state index in [0.717, 1.165) is 40.9 Å². The number of hydrogen-bond acceptors (Lipinski definition) is 4. The summed E-state index contributed by atoms with van der Waals surface area (Å²) in [5, 5.41) is 21.9. The number of benzene rings is 2. The number of carbonyl (C=O) groups excluding carboxylic acids is 1. The van der Waals surface area contributed by atoms with Crippen molar-refractivity contribution in [2.45, 2.75) is 26.7 Å². The van der Waals surface area contributed by atoms with Crippen LogP contribution in [0.25, 0.3) is 6.08 Å². The second kappa shape index (κ2) is 9.00. The maximum Gasteiger partial charge on any atom is 0.347 e. The minimum atomic E-state index is -1.25. The highest BCUT2D eigenvalue weighted by Crippen LogP contribution is 2.39. The smallest absolute Gasteiger partial charge is 0.347 e. The number of carbonyl (C=O) groups is 2. The summed E-state index contributed by atoms with van der Waals surface area (Å²) < 4.78 is 0. The molecule has 0 radical (unpaired) electrons. The van der Waals surface area contributed by atoms with E-state index in [4.69, 9.17) is 16.7 Å². The van der Waals surface area contributed by atoms with Crippen molar-refractivity contribution in [2.75, 3.05) is 10.2 Å². The van der Waals surface area contributed by atoms with Gasteiger partial charge in [0.15, 0.2) is 0 Å². The van der Waals surface area contributed by atoms with Crippen molar-refractivity contribution in [3.63, 3.8) is 0 Å². The molecule has 0 fully saturated rings. The minimum absolute atomic E-state index is 0.0968. The van der Waals surface area contributed by atoms with E-state index in [1.54, 1.807) is 23.2 Å². The Labute approximate surface area is 196 Å². The highest BCUT2D eigenvalue weighted by atomic mass is 35.5. The minimum Gasteiger partial charge on any atom is -0.506 e. The Bertz CT molecular complexity index is 1270. The number of aryl methyl sites for hydroxylation is 2. The summed E-state index contributed by atoms with van der Waals surface area (Å²) >= 11 is 5.66. The first-order valence-corrected chi connectivity index (χ1v) is 10.9. The number of halogens is 1. The molecule has 7 heteroatoms. The molecule has 0 bridgehead atoms. The number of phenols is 1. The molecular formula is C26H23ClN2O4. The van der Waals surface area contributed by atoms with Crippen molar-refractivity contribution < 1.29 is 19.8 Å². The van der Waals surface area contributed by atoms with Crippen LogP contribution in [0.4, 0.5) is 11.4 Å². The monoisotopic (exact) mass is 462 g/mol. The van der Waals surface area contributed by atoms with Crippen LogP contribution >= 0.6 is 11.6 Å². The van der Waals surface area contributed by atoms with Crippen LogP contribution < -0.4 is 10.2 Å². The Balaban J connectivity index is 1.65. The fourth-order valence-corrected chi connectivity index (χ4v) is 4.22. The van der Waals surface area contributed by atoms with Gasteiger partial charge >= 0.3 is 5.97 Å². The molecule has 2 aromatic rings. The highest BCUT2D eigenvalue weighted by Gasteiger charge is 2.35. The molecule has 0 unspecified atom stereocenters. The van der Waals surface area contributed by atoms with Gasteiger partial charge in [-0.25, -0.2) is 4.79 Å². The van der Waals surface area contributed by atoms with Gasteiger partial charge in [0.2, 0.25) is 0 Å². The van der Waals surface area contributed by atoms with E-state index >= 15 is 0 Å². The molecule has 1 aliphatic heterocycles. The van der Waals surface area contributed by atoms with Crippen LogP contribution in [0, 0.1) is 13.8 Å². The van der Waals surface area contributed by atoms with Crippen molar-refractivity contribution in [2.24, 2.45) is 0 Å². The third-order valence-corrected chi connectivity index (χ3v) is 5.76. The number of allylic oxidation sites excluding steroid dienone is 3. The molecule has 0 atom stereocenters. The maximum absolute atomic E-state index is 13.4. The first kappa shape index (κ1) is 22.4. The fourth-order valence-electron chi connectivity index (χ4n) is 4.10. The highest BCUT2D eigenvalue weighted by molar-refractivity contribution is 6.43. The number of phenolic OH excluding ortho intramolecular Hbond substituents is 1. The molecule has 1 heterocycles. The topological polar surface area (TPSA) is 89.9 Å². The predicted octanol–water partition coefficient (Wildman–Crippen LogP) is 5.62. The normalized spacial score (nSPS) is 17.1. The van der Waals surface area contributed by atoms with Gasteiger partial charge in [-0.3, -0.25) is 9.69 Å². The number of carboxylic acid groups (broad SMARTS) is 1. The molecule has 1 amide bonds. The van der Waals surface area contributed by atoms with Gasteiger partial charge < -0.3 is 15.5 Å². The number of hydrogen-bond donors (Lipinski definition) is 3. The number of aliphatic carboxylic acids is 1. The summed E-state index contributed by atoms with van der Waals surface area (Å²) in [7, 11) is 0. The zero-order valence-corrected chi connectivity index (χ0v) is 19.0. The van der Waals surface area contributed by atoms with Crippen LogP contribution in [0.3, 0.4) is 0 Å². The molecule has 6 nitrogen and oxygen atoms in total. The molecule has 2 aromatic carbocycles. The fraction of sp³-hybridized carbons (Fsp3) is 0.154. The molecule has 4 rings (SSSR count). The summed E-state index contributed by atoms with van der Waals surface area (Å²) in [6.07, 6.45) is 8.49. The van der Waals surface area contributed by atoms with Crippen molar-refractivity contribution in [1.82, 2.24) is 0 Å². The molecule has 168 valence electrons. The lowest BCUT2D eigenvalue weighted by Gasteiger charge is -2.22. The average Bonchev–Trinajstić information content (AvgIpc) is 3.03. The van der Waals surface area contributed by atoms with Crippen molar-refractivity contribution >= 4 is 40.9 Å². The van der Waals surface area contributed by atoms with Gasteiger partial charge in [-0.05, 0) is 73.7 Å². The first-order valence-electron chi connectivity index (χ1n) is 10.5. The lowest BCUT2D eigenvalue weighted by Crippen LogP contribution is -2.26. The van der Waals surface area contributed by atoms with Crippen molar-refractivity contribution in [3.05, 3.63) is 93.3 Å². The largest absolute Gasteiger partial charge is 0.506 e. The Morgan fingerprint density at radius 1 is 1.15 bits per heavy atom. The van der Waals surface area contributed by atoms with E-state index < -0.39 is 5.97 Å². The van der Waals surface area contributed by atoms with Gasteiger partial charge in [-0.2, -0.15) is 0 Å². The third-order valence-electron chi connectivity index (χ3n) is 5.49. The standard InChI is InChI=1S/C26H23ClN2O4/c1-15-9-16(2)11-18(10-15)29-23-6-4-3-5-19(23)20(25(29)31)14-28-22-8-7-17(13-24(22)30)12-21(27)26(32)33/h3,5,7-14,28,30H,4,6H2,1-2H3,(H,32,33)/b20-14-,21-12-. The van der Waals surface area contributed by atoms with Crippen LogP contribution in [0.2, 0.25) is 0 Å².